The lowest BCUT2D eigenvalue weighted by Crippen LogP contribution is -1.92. The number of halogens is 1. The van der Waals surface area contributed by atoms with E-state index in [1.807, 2.05) is 6.07 Å². The smallest absolute Gasteiger partial charge is 0.213 e. The van der Waals surface area contributed by atoms with Crippen LogP contribution in [0.3, 0.4) is 0 Å². The predicted octanol–water partition coefficient (Wildman–Crippen LogP) is 2.90. The molecule has 2 rings (SSSR count). The molecule has 1 heterocycles. The highest BCUT2D eigenvalue weighted by Gasteiger charge is 2.06. The quantitative estimate of drug-likeness (QED) is 0.816. The Morgan fingerprint density at radius 2 is 1.88 bits per heavy atom. The summed E-state index contributed by atoms with van der Waals surface area (Å²) in [7, 11) is 2.97. The van der Waals surface area contributed by atoms with Gasteiger partial charge in [-0.05, 0) is 24.3 Å². The molecular weight excluding hydrogens is 221 g/mol. The van der Waals surface area contributed by atoms with Crippen LogP contribution in [0.15, 0.2) is 36.4 Å². The Balaban J connectivity index is 2.42. The monoisotopic (exact) mass is 233 g/mol. The average molecular weight is 233 g/mol. The Morgan fingerprint density at radius 3 is 2.53 bits per heavy atom. The standard InChI is InChI=1S/C13H12FNO2/c1-16-12-7-6-9(8-10(12)14)11-4-3-5-13(15-11)17-2/h3-8H,1-2H3. The number of pyridine rings is 1. The van der Waals surface area contributed by atoms with E-state index < -0.39 is 5.82 Å². The van der Waals surface area contributed by atoms with Crippen LogP contribution in [-0.2, 0) is 0 Å². The molecule has 0 N–H and O–H groups in total. The van der Waals surface area contributed by atoms with Crippen LogP contribution >= 0.6 is 0 Å². The molecule has 0 aliphatic heterocycles. The van der Waals surface area contributed by atoms with E-state index in [1.165, 1.54) is 13.2 Å². The molecule has 0 atom stereocenters. The van der Waals surface area contributed by atoms with Gasteiger partial charge in [0.2, 0.25) is 5.88 Å². The van der Waals surface area contributed by atoms with E-state index >= 15 is 0 Å². The van der Waals surface area contributed by atoms with E-state index in [2.05, 4.69) is 4.98 Å². The lowest BCUT2D eigenvalue weighted by molar-refractivity contribution is 0.386. The molecule has 0 aliphatic rings. The molecule has 0 amide bonds. The van der Waals surface area contributed by atoms with Gasteiger partial charge >= 0.3 is 0 Å². The van der Waals surface area contributed by atoms with Gasteiger partial charge in [-0.25, -0.2) is 9.37 Å². The molecule has 2 aromatic rings. The van der Waals surface area contributed by atoms with Crippen molar-refractivity contribution in [3.05, 3.63) is 42.2 Å². The Bertz CT molecular complexity index is 529. The number of nitrogens with zero attached hydrogens (tertiary/aromatic N) is 1. The van der Waals surface area contributed by atoms with E-state index in [0.29, 0.717) is 17.1 Å². The first-order chi connectivity index (χ1) is 8.24. The highest BCUT2D eigenvalue weighted by molar-refractivity contribution is 5.60. The third-order valence-electron chi connectivity index (χ3n) is 2.38. The van der Waals surface area contributed by atoms with Gasteiger partial charge in [-0.15, -0.1) is 0 Å². The van der Waals surface area contributed by atoms with Crippen molar-refractivity contribution < 1.29 is 13.9 Å². The molecule has 17 heavy (non-hydrogen) atoms. The molecule has 0 saturated carbocycles. The molecule has 3 nitrogen and oxygen atoms in total. The van der Waals surface area contributed by atoms with Crippen LogP contribution in [0.25, 0.3) is 11.3 Å². The largest absolute Gasteiger partial charge is 0.494 e. The molecule has 0 spiro atoms. The summed E-state index contributed by atoms with van der Waals surface area (Å²) in [4.78, 5) is 4.23. The second kappa shape index (κ2) is 4.82. The zero-order valence-electron chi connectivity index (χ0n) is 9.61. The summed E-state index contributed by atoms with van der Waals surface area (Å²) >= 11 is 0. The average Bonchev–Trinajstić information content (AvgIpc) is 2.38. The van der Waals surface area contributed by atoms with Crippen molar-refractivity contribution in [1.82, 2.24) is 4.98 Å². The maximum absolute atomic E-state index is 13.5. The fourth-order valence-corrected chi connectivity index (χ4v) is 1.51. The molecule has 0 bridgehead atoms. The molecule has 1 aromatic heterocycles. The fraction of sp³-hybridized carbons (Fsp3) is 0.154. The first-order valence-electron chi connectivity index (χ1n) is 5.09. The van der Waals surface area contributed by atoms with Crippen LogP contribution in [0.4, 0.5) is 4.39 Å². The SMILES string of the molecule is COc1cccc(-c2ccc(OC)c(F)c2)n1. The van der Waals surface area contributed by atoms with Gasteiger partial charge in [0.15, 0.2) is 11.6 Å². The third kappa shape index (κ3) is 2.36. The lowest BCUT2D eigenvalue weighted by atomic mass is 10.1. The van der Waals surface area contributed by atoms with Crippen LogP contribution in [0.2, 0.25) is 0 Å². The normalized spacial score (nSPS) is 10.1. The molecule has 0 saturated heterocycles. The summed E-state index contributed by atoms with van der Waals surface area (Å²) in [5.41, 5.74) is 1.34. The van der Waals surface area contributed by atoms with E-state index in [4.69, 9.17) is 9.47 Å². The van der Waals surface area contributed by atoms with Gasteiger partial charge < -0.3 is 9.47 Å². The summed E-state index contributed by atoms with van der Waals surface area (Å²) in [6, 6.07) is 10.1. The Labute approximate surface area is 98.8 Å². The maximum Gasteiger partial charge on any atom is 0.213 e. The molecular formula is C13H12FNO2. The lowest BCUT2D eigenvalue weighted by Gasteiger charge is -2.06. The zero-order valence-corrected chi connectivity index (χ0v) is 9.61. The first-order valence-corrected chi connectivity index (χ1v) is 5.09. The summed E-state index contributed by atoms with van der Waals surface area (Å²) in [5.74, 6) is 0.310. The molecule has 0 unspecified atom stereocenters. The first kappa shape index (κ1) is 11.4. The summed E-state index contributed by atoms with van der Waals surface area (Å²) in [6.45, 7) is 0. The van der Waals surface area contributed by atoms with Crippen LogP contribution in [0.1, 0.15) is 0 Å². The minimum atomic E-state index is -0.408. The van der Waals surface area contributed by atoms with Crippen LogP contribution < -0.4 is 9.47 Å². The number of rotatable bonds is 3. The number of aromatic nitrogens is 1. The van der Waals surface area contributed by atoms with Gasteiger partial charge in [-0.2, -0.15) is 0 Å². The van der Waals surface area contributed by atoms with Gasteiger partial charge in [0, 0.05) is 11.6 Å². The highest BCUT2D eigenvalue weighted by atomic mass is 19.1. The van der Waals surface area contributed by atoms with Crippen LogP contribution in [-0.4, -0.2) is 19.2 Å². The second-order valence-electron chi connectivity index (χ2n) is 3.41. The van der Waals surface area contributed by atoms with E-state index in [0.717, 1.165) is 0 Å². The fourth-order valence-electron chi connectivity index (χ4n) is 1.51. The Morgan fingerprint density at radius 1 is 1.06 bits per heavy atom. The number of hydrogen-bond acceptors (Lipinski definition) is 3. The van der Waals surface area contributed by atoms with E-state index in [1.54, 1.807) is 31.4 Å². The zero-order chi connectivity index (χ0) is 12.3. The number of methoxy groups -OCH3 is 2. The van der Waals surface area contributed by atoms with Crippen molar-refractivity contribution in [3.63, 3.8) is 0 Å². The summed E-state index contributed by atoms with van der Waals surface area (Å²) in [6.07, 6.45) is 0. The predicted molar refractivity (Wildman–Crippen MR) is 62.7 cm³/mol. The Kier molecular flexibility index (Phi) is 3.23. The molecule has 0 radical (unpaired) electrons. The van der Waals surface area contributed by atoms with Gasteiger partial charge in [-0.3, -0.25) is 0 Å². The van der Waals surface area contributed by atoms with Gasteiger partial charge in [-0.1, -0.05) is 6.07 Å². The molecule has 88 valence electrons. The topological polar surface area (TPSA) is 31.4 Å². The highest BCUT2D eigenvalue weighted by Crippen LogP contribution is 2.25. The van der Waals surface area contributed by atoms with E-state index in [-0.39, 0.29) is 5.75 Å². The van der Waals surface area contributed by atoms with Crippen LogP contribution in [0, 0.1) is 5.82 Å². The molecule has 0 aliphatic carbocycles. The molecule has 0 fully saturated rings. The minimum Gasteiger partial charge on any atom is -0.494 e. The van der Waals surface area contributed by atoms with Crippen molar-refractivity contribution in [1.29, 1.82) is 0 Å². The summed E-state index contributed by atoms with van der Waals surface area (Å²) < 4.78 is 23.4. The van der Waals surface area contributed by atoms with E-state index in [9.17, 15) is 4.39 Å². The van der Waals surface area contributed by atoms with Gasteiger partial charge in [0.1, 0.15) is 0 Å². The van der Waals surface area contributed by atoms with Crippen molar-refractivity contribution in [2.75, 3.05) is 14.2 Å². The van der Waals surface area contributed by atoms with Crippen molar-refractivity contribution in [2.24, 2.45) is 0 Å². The second-order valence-corrected chi connectivity index (χ2v) is 3.41. The van der Waals surface area contributed by atoms with Gasteiger partial charge in [0.05, 0.1) is 19.9 Å². The Hall–Kier alpha value is -2.10. The van der Waals surface area contributed by atoms with Crippen molar-refractivity contribution in [3.8, 4) is 22.9 Å². The number of benzene rings is 1. The molecule has 1 aromatic carbocycles. The van der Waals surface area contributed by atoms with Gasteiger partial charge in [0.25, 0.3) is 0 Å². The minimum absolute atomic E-state index is 0.219. The maximum atomic E-state index is 13.5. The molecule has 4 heteroatoms. The van der Waals surface area contributed by atoms with Crippen LogP contribution in [0.5, 0.6) is 11.6 Å². The number of hydrogen-bond donors (Lipinski definition) is 0. The van der Waals surface area contributed by atoms with Crippen molar-refractivity contribution >= 4 is 0 Å². The third-order valence-corrected chi connectivity index (χ3v) is 2.38. The summed E-state index contributed by atoms with van der Waals surface area (Å²) in [5, 5.41) is 0. The van der Waals surface area contributed by atoms with Crippen molar-refractivity contribution in [2.45, 2.75) is 0 Å². The number of ether oxygens (including phenoxy) is 2.